The predicted molar refractivity (Wildman–Crippen MR) is 72.1 cm³/mol. The van der Waals surface area contributed by atoms with Gasteiger partial charge >= 0.3 is 6.03 Å². The molecule has 3 amide bonds. The van der Waals surface area contributed by atoms with Crippen molar-refractivity contribution in [3.8, 4) is 5.75 Å². The number of likely N-dealkylation sites (N-methyl/N-ethyl adjacent to an activating group) is 1. The largest absolute Gasteiger partial charge is 0.497 e. The van der Waals surface area contributed by atoms with E-state index in [1.54, 1.807) is 19.1 Å². The van der Waals surface area contributed by atoms with Crippen LogP contribution in [0.1, 0.15) is 11.6 Å². The molecule has 0 aromatic heterocycles. The Morgan fingerprint density at radius 2 is 1.95 bits per heavy atom. The van der Waals surface area contributed by atoms with Crippen molar-refractivity contribution in [1.82, 2.24) is 15.5 Å². The monoisotopic (exact) mass is 273 g/mol. The highest BCUT2D eigenvalue weighted by molar-refractivity contribution is 6.01. The van der Waals surface area contributed by atoms with E-state index >= 15 is 0 Å². The van der Waals surface area contributed by atoms with Gasteiger partial charge in [0.2, 0.25) is 0 Å². The fourth-order valence-corrected chi connectivity index (χ4v) is 2.56. The van der Waals surface area contributed by atoms with E-state index in [4.69, 9.17) is 4.74 Å². The van der Waals surface area contributed by atoms with Crippen molar-refractivity contribution in [2.45, 2.75) is 6.04 Å². The number of ether oxygens (including phenoxy) is 1. The number of amides is 3. The van der Waals surface area contributed by atoms with E-state index in [9.17, 15) is 9.59 Å². The van der Waals surface area contributed by atoms with Crippen molar-refractivity contribution < 1.29 is 14.3 Å². The molecule has 2 N–H and O–H groups in total. The van der Waals surface area contributed by atoms with Gasteiger partial charge in [-0.1, -0.05) is 12.1 Å². The Bertz CT molecular complexity index is 607. The SMILES string of the molecule is COc1ccc([C@H]2NC(=O)NC3=C2C(=O)N(C)C3)cc1. The van der Waals surface area contributed by atoms with E-state index in [-0.39, 0.29) is 11.9 Å². The van der Waals surface area contributed by atoms with Crippen LogP contribution in [0, 0.1) is 0 Å². The maximum Gasteiger partial charge on any atom is 0.319 e. The first-order valence-corrected chi connectivity index (χ1v) is 6.30. The molecule has 20 heavy (non-hydrogen) atoms. The van der Waals surface area contributed by atoms with Crippen LogP contribution in [0.25, 0.3) is 0 Å². The number of methoxy groups -OCH3 is 1. The predicted octanol–water partition coefficient (Wildman–Crippen LogP) is 0.775. The zero-order chi connectivity index (χ0) is 14.3. The molecule has 104 valence electrons. The lowest BCUT2D eigenvalue weighted by atomic mass is 9.96. The highest BCUT2D eigenvalue weighted by Gasteiger charge is 2.38. The van der Waals surface area contributed by atoms with E-state index in [0.29, 0.717) is 17.8 Å². The topological polar surface area (TPSA) is 70.7 Å². The summed E-state index contributed by atoms with van der Waals surface area (Å²) in [6.45, 7) is 0.439. The van der Waals surface area contributed by atoms with Crippen LogP contribution in [0.5, 0.6) is 5.75 Å². The Labute approximate surface area is 116 Å². The summed E-state index contributed by atoms with van der Waals surface area (Å²) in [5.41, 5.74) is 2.15. The van der Waals surface area contributed by atoms with Crippen LogP contribution in [0.3, 0.4) is 0 Å². The summed E-state index contributed by atoms with van der Waals surface area (Å²) in [7, 11) is 3.31. The number of carbonyl (C=O) groups excluding carboxylic acids is 2. The molecule has 0 radical (unpaired) electrons. The fraction of sp³-hybridized carbons (Fsp3) is 0.286. The van der Waals surface area contributed by atoms with Crippen LogP contribution in [0.4, 0.5) is 4.79 Å². The van der Waals surface area contributed by atoms with Gasteiger partial charge in [-0.2, -0.15) is 0 Å². The average Bonchev–Trinajstić information content (AvgIpc) is 2.73. The summed E-state index contributed by atoms with van der Waals surface area (Å²) in [4.78, 5) is 25.5. The van der Waals surface area contributed by atoms with Crippen molar-refractivity contribution in [2.75, 3.05) is 20.7 Å². The number of carbonyl (C=O) groups is 2. The first-order valence-electron chi connectivity index (χ1n) is 6.30. The molecule has 1 aromatic carbocycles. The Morgan fingerprint density at radius 1 is 1.25 bits per heavy atom. The van der Waals surface area contributed by atoms with E-state index in [1.165, 1.54) is 0 Å². The molecule has 6 heteroatoms. The van der Waals surface area contributed by atoms with Crippen LogP contribution in [-0.2, 0) is 4.79 Å². The number of nitrogens with zero attached hydrogens (tertiary/aromatic N) is 1. The summed E-state index contributed by atoms with van der Waals surface area (Å²) in [6.07, 6.45) is 0. The van der Waals surface area contributed by atoms with Crippen molar-refractivity contribution in [2.24, 2.45) is 0 Å². The first-order chi connectivity index (χ1) is 9.60. The quantitative estimate of drug-likeness (QED) is 0.836. The standard InChI is InChI=1S/C14H15N3O3/c1-17-7-10-11(13(17)18)12(16-14(19)15-10)8-3-5-9(20-2)6-4-8/h3-6,12H,7H2,1-2H3,(H2,15,16,19)/t12-/m1/s1. The Balaban J connectivity index is 2.00. The Hall–Kier alpha value is -2.50. The Kier molecular flexibility index (Phi) is 2.85. The number of hydrogen-bond donors (Lipinski definition) is 2. The molecule has 2 aliphatic rings. The molecule has 0 spiro atoms. The van der Waals surface area contributed by atoms with Crippen LogP contribution in [0.15, 0.2) is 35.5 Å². The van der Waals surface area contributed by atoms with Crippen molar-refractivity contribution in [1.29, 1.82) is 0 Å². The number of benzene rings is 1. The Morgan fingerprint density at radius 3 is 2.60 bits per heavy atom. The van der Waals surface area contributed by atoms with Crippen molar-refractivity contribution >= 4 is 11.9 Å². The summed E-state index contributed by atoms with van der Waals surface area (Å²) in [5.74, 6) is 0.673. The normalized spacial score (nSPS) is 21.5. The van der Waals surface area contributed by atoms with Gasteiger partial charge in [-0.05, 0) is 17.7 Å². The maximum atomic E-state index is 12.2. The smallest absolute Gasteiger partial charge is 0.319 e. The van der Waals surface area contributed by atoms with Crippen LogP contribution in [0.2, 0.25) is 0 Å². The van der Waals surface area contributed by atoms with Gasteiger partial charge in [-0.15, -0.1) is 0 Å². The third-order valence-electron chi connectivity index (χ3n) is 3.58. The van der Waals surface area contributed by atoms with Crippen LogP contribution >= 0.6 is 0 Å². The van der Waals surface area contributed by atoms with Gasteiger partial charge < -0.3 is 20.3 Å². The third-order valence-corrected chi connectivity index (χ3v) is 3.58. The first kappa shape index (κ1) is 12.5. The number of nitrogens with one attached hydrogen (secondary N) is 2. The van der Waals surface area contributed by atoms with E-state index in [1.807, 2.05) is 24.3 Å². The maximum absolute atomic E-state index is 12.2. The van der Waals surface area contributed by atoms with E-state index in [0.717, 1.165) is 11.3 Å². The lowest BCUT2D eigenvalue weighted by Crippen LogP contribution is -2.44. The second-order valence-corrected chi connectivity index (χ2v) is 4.86. The molecule has 0 saturated carbocycles. The van der Waals surface area contributed by atoms with Crippen LogP contribution in [-0.4, -0.2) is 37.5 Å². The summed E-state index contributed by atoms with van der Waals surface area (Å²) < 4.78 is 5.12. The minimum absolute atomic E-state index is 0.0617. The summed E-state index contributed by atoms with van der Waals surface area (Å²) >= 11 is 0. The van der Waals surface area contributed by atoms with Crippen LogP contribution < -0.4 is 15.4 Å². The molecule has 1 atom stereocenters. The second kappa shape index (κ2) is 4.56. The van der Waals surface area contributed by atoms with Gasteiger partial charge in [0.15, 0.2) is 0 Å². The van der Waals surface area contributed by atoms with Crippen molar-refractivity contribution in [3.63, 3.8) is 0 Å². The van der Waals surface area contributed by atoms with Gasteiger partial charge in [0.25, 0.3) is 5.91 Å². The fourth-order valence-electron chi connectivity index (χ4n) is 2.56. The second-order valence-electron chi connectivity index (χ2n) is 4.86. The molecule has 0 fully saturated rings. The minimum atomic E-state index is -0.415. The molecule has 2 aliphatic heterocycles. The minimum Gasteiger partial charge on any atom is -0.497 e. The summed E-state index contributed by atoms with van der Waals surface area (Å²) in [5, 5.41) is 5.50. The highest BCUT2D eigenvalue weighted by atomic mass is 16.5. The van der Waals surface area contributed by atoms with Gasteiger partial charge in [-0.25, -0.2) is 4.79 Å². The van der Waals surface area contributed by atoms with Gasteiger partial charge in [0.05, 0.1) is 31.0 Å². The van der Waals surface area contributed by atoms with E-state index < -0.39 is 6.04 Å². The van der Waals surface area contributed by atoms with Gasteiger partial charge in [0, 0.05) is 7.05 Å². The third kappa shape index (κ3) is 1.89. The molecule has 6 nitrogen and oxygen atoms in total. The highest BCUT2D eigenvalue weighted by Crippen LogP contribution is 2.32. The number of rotatable bonds is 2. The molecule has 0 unspecified atom stereocenters. The van der Waals surface area contributed by atoms with E-state index in [2.05, 4.69) is 10.6 Å². The number of urea groups is 1. The molecular formula is C14H15N3O3. The number of hydrogen-bond acceptors (Lipinski definition) is 3. The van der Waals surface area contributed by atoms with Crippen molar-refractivity contribution in [3.05, 3.63) is 41.1 Å². The van der Waals surface area contributed by atoms with Gasteiger partial charge in [0.1, 0.15) is 5.75 Å². The zero-order valence-corrected chi connectivity index (χ0v) is 11.3. The molecular weight excluding hydrogens is 258 g/mol. The molecule has 1 aromatic rings. The molecule has 0 saturated heterocycles. The average molecular weight is 273 g/mol. The van der Waals surface area contributed by atoms with Gasteiger partial charge in [-0.3, -0.25) is 4.79 Å². The zero-order valence-electron chi connectivity index (χ0n) is 11.3. The lowest BCUT2D eigenvalue weighted by Gasteiger charge is -2.25. The molecule has 0 aliphatic carbocycles. The molecule has 3 rings (SSSR count). The summed E-state index contributed by atoms with van der Waals surface area (Å²) in [6, 6.07) is 6.63. The lowest BCUT2D eigenvalue weighted by molar-refractivity contribution is -0.124. The molecule has 2 heterocycles. The molecule has 0 bridgehead atoms.